The van der Waals surface area contributed by atoms with Crippen LogP contribution in [0.2, 0.25) is 0 Å². The number of nitrogens with zero attached hydrogens (tertiary/aromatic N) is 3. The van der Waals surface area contributed by atoms with E-state index in [0.29, 0.717) is 13.0 Å². The summed E-state index contributed by atoms with van der Waals surface area (Å²) >= 11 is 3.26. The molecule has 1 amide bonds. The molecule has 2 aliphatic heterocycles. The van der Waals surface area contributed by atoms with Crippen molar-refractivity contribution in [1.82, 2.24) is 15.2 Å². The van der Waals surface area contributed by atoms with E-state index in [-0.39, 0.29) is 5.91 Å². The van der Waals surface area contributed by atoms with E-state index < -0.39 is 0 Å². The molecule has 7 heteroatoms. The van der Waals surface area contributed by atoms with Gasteiger partial charge in [-0.2, -0.15) is 0 Å². The van der Waals surface area contributed by atoms with Gasteiger partial charge in [0.2, 0.25) is 5.91 Å². The van der Waals surface area contributed by atoms with Gasteiger partial charge in [-0.1, -0.05) is 11.8 Å². The molecule has 3 heterocycles. The Morgan fingerprint density at radius 1 is 1.55 bits per heavy atom. The maximum absolute atomic E-state index is 12.0. The first-order chi connectivity index (χ1) is 9.74. The monoisotopic (exact) mass is 308 g/mol. The summed E-state index contributed by atoms with van der Waals surface area (Å²) < 4.78 is 0. The molecule has 0 fully saturated rings. The Hall–Kier alpha value is -1.34. The van der Waals surface area contributed by atoms with Gasteiger partial charge in [-0.3, -0.25) is 9.79 Å². The number of amides is 1. The van der Waals surface area contributed by atoms with E-state index in [0.717, 1.165) is 36.1 Å². The van der Waals surface area contributed by atoms with E-state index in [1.165, 1.54) is 4.88 Å². The second kappa shape index (κ2) is 5.97. The number of hydrogen-bond donors (Lipinski definition) is 1. The zero-order valence-electron chi connectivity index (χ0n) is 11.3. The number of carbonyl (C=O) groups excluding carboxylic acids is 1. The lowest BCUT2D eigenvalue weighted by Crippen LogP contribution is -2.29. The van der Waals surface area contributed by atoms with Gasteiger partial charge in [-0.05, 0) is 12.3 Å². The quantitative estimate of drug-likeness (QED) is 0.900. The molecule has 2 aliphatic rings. The number of carbonyl (C=O) groups is 1. The number of aliphatic imine (C=N–C) groups is 1. The summed E-state index contributed by atoms with van der Waals surface area (Å²) in [5.41, 5.74) is 3.98. The fraction of sp³-hybridized carbons (Fsp3) is 0.462. The summed E-state index contributed by atoms with van der Waals surface area (Å²) in [6, 6.07) is 0. The zero-order valence-corrected chi connectivity index (χ0v) is 12.9. The lowest BCUT2D eigenvalue weighted by atomic mass is 10.2. The molecule has 0 aliphatic carbocycles. The fourth-order valence-electron chi connectivity index (χ4n) is 2.22. The van der Waals surface area contributed by atoms with E-state index >= 15 is 0 Å². The molecule has 0 unspecified atom stereocenters. The molecule has 20 heavy (non-hydrogen) atoms. The van der Waals surface area contributed by atoms with Crippen molar-refractivity contribution in [2.45, 2.75) is 19.8 Å². The van der Waals surface area contributed by atoms with E-state index in [1.807, 2.05) is 17.8 Å². The van der Waals surface area contributed by atoms with E-state index in [1.54, 1.807) is 23.1 Å². The van der Waals surface area contributed by atoms with Crippen molar-refractivity contribution in [2.24, 2.45) is 4.99 Å². The second-order valence-electron chi connectivity index (χ2n) is 4.68. The molecule has 0 bridgehead atoms. The van der Waals surface area contributed by atoms with Crippen molar-refractivity contribution < 1.29 is 4.79 Å². The van der Waals surface area contributed by atoms with E-state index in [9.17, 15) is 4.79 Å². The standard InChI is InChI=1S/C13H16N4OS2/c1-9-11(20-8-16-9)2-3-14-12(18)6-10-7-19-13-15-4-5-17(10)13/h7-8H,2-6H2,1H3,(H,14,18). The zero-order chi connectivity index (χ0) is 13.9. The van der Waals surface area contributed by atoms with Crippen LogP contribution in [0.3, 0.4) is 0 Å². The SMILES string of the molecule is Cc1ncsc1CCNC(=O)CC1=CSC2=NCCN12. The molecule has 0 saturated heterocycles. The van der Waals surface area contributed by atoms with Gasteiger partial charge in [-0.15, -0.1) is 11.3 Å². The average Bonchev–Trinajstić information content (AvgIpc) is 3.10. The van der Waals surface area contributed by atoms with Gasteiger partial charge in [0.15, 0.2) is 5.17 Å². The van der Waals surface area contributed by atoms with Gasteiger partial charge < -0.3 is 10.2 Å². The first-order valence-corrected chi connectivity index (χ1v) is 8.33. The molecule has 106 valence electrons. The van der Waals surface area contributed by atoms with Crippen LogP contribution in [0.4, 0.5) is 0 Å². The highest BCUT2D eigenvalue weighted by Crippen LogP contribution is 2.30. The smallest absolute Gasteiger partial charge is 0.225 e. The van der Waals surface area contributed by atoms with Crippen molar-refractivity contribution in [3.05, 3.63) is 27.2 Å². The highest BCUT2D eigenvalue weighted by Gasteiger charge is 2.27. The summed E-state index contributed by atoms with van der Waals surface area (Å²) in [4.78, 5) is 23.9. The van der Waals surface area contributed by atoms with Crippen LogP contribution in [-0.4, -0.2) is 40.6 Å². The molecule has 1 N–H and O–H groups in total. The molecule has 3 rings (SSSR count). The Kier molecular flexibility index (Phi) is 4.07. The molecule has 0 radical (unpaired) electrons. The third-order valence-corrected chi connectivity index (χ3v) is 5.25. The Bertz CT molecular complexity index is 579. The molecule has 0 aromatic carbocycles. The number of thioether (sulfide) groups is 1. The first-order valence-electron chi connectivity index (χ1n) is 6.57. The van der Waals surface area contributed by atoms with Crippen molar-refractivity contribution in [2.75, 3.05) is 19.6 Å². The molecule has 5 nitrogen and oxygen atoms in total. The summed E-state index contributed by atoms with van der Waals surface area (Å²) in [6.45, 7) is 4.42. The van der Waals surface area contributed by atoms with Crippen LogP contribution in [0.15, 0.2) is 21.6 Å². The van der Waals surface area contributed by atoms with Gasteiger partial charge in [0.25, 0.3) is 0 Å². The minimum atomic E-state index is 0.0761. The second-order valence-corrected chi connectivity index (χ2v) is 6.46. The first kappa shape index (κ1) is 13.6. The van der Waals surface area contributed by atoms with Gasteiger partial charge in [0.05, 0.1) is 24.2 Å². The Morgan fingerprint density at radius 3 is 3.25 bits per heavy atom. The molecule has 0 saturated carbocycles. The molecule has 0 atom stereocenters. The number of thiazole rings is 1. The molecule has 0 spiro atoms. The molecule has 1 aromatic rings. The van der Waals surface area contributed by atoms with Gasteiger partial charge in [0.1, 0.15) is 0 Å². The average molecular weight is 308 g/mol. The van der Waals surface area contributed by atoms with Crippen LogP contribution in [0, 0.1) is 6.92 Å². The maximum Gasteiger partial charge on any atom is 0.225 e. The highest BCUT2D eigenvalue weighted by molar-refractivity contribution is 8.16. The van der Waals surface area contributed by atoms with Gasteiger partial charge >= 0.3 is 0 Å². The van der Waals surface area contributed by atoms with Crippen LogP contribution < -0.4 is 5.32 Å². The van der Waals surface area contributed by atoms with Crippen molar-refractivity contribution in [3.63, 3.8) is 0 Å². The largest absolute Gasteiger partial charge is 0.355 e. The van der Waals surface area contributed by atoms with Crippen LogP contribution in [-0.2, 0) is 11.2 Å². The number of nitrogens with one attached hydrogen (secondary N) is 1. The highest BCUT2D eigenvalue weighted by atomic mass is 32.2. The normalized spacial score (nSPS) is 16.9. The number of aromatic nitrogens is 1. The van der Waals surface area contributed by atoms with E-state index in [4.69, 9.17) is 0 Å². The Morgan fingerprint density at radius 2 is 2.45 bits per heavy atom. The third kappa shape index (κ3) is 2.88. The predicted octanol–water partition coefficient (Wildman–Crippen LogP) is 1.76. The van der Waals surface area contributed by atoms with Crippen LogP contribution >= 0.6 is 23.1 Å². The summed E-state index contributed by atoms with van der Waals surface area (Å²) in [6.07, 6.45) is 1.29. The van der Waals surface area contributed by atoms with Crippen molar-refractivity contribution in [1.29, 1.82) is 0 Å². The predicted molar refractivity (Wildman–Crippen MR) is 82.9 cm³/mol. The number of aryl methyl sites for hydroxylation is 1. The Balaban J connectivity index is 1.44. The summed E-state index contributed by atoms with van der Waals surface area (Å²) in [5.74, 6) is 0.0761. The number of hydrogen-bond acceptors (Lipinski definition) is 6. The minimum Gasteiger partial charge on any atom is -0.355 e. The lowest BCUT2D eigenvalue weighted by Gasteiger charge is -2.16. The molecular weight excluding hydrogens is 292 g/mol. The van der Waals surface area contributed by atoms with Gasteiger partial charge in [0, 0.05) is 30.1 Å². The number of rotatable bonds is 5. The summed E-state index contributed by atoms with van der Waals surface area (Å²) in [7, 11) is 0. The topological polar surface area (TPSA) is 57.6 Å². The fourth-order valence-corrected chi connectivity index (χ4v) is 3.96. The Labute approximate surface area is 126 Å². The maximum atomic E-state index is 12.0. The number of amidine groups is 1. The third-order valence-electron chi connectivity index (χ3n) is 3.31. The van der Waals surface area contributed by atoms with E-state index in [2.05, 4.69) is 20.2 Å². The van der Waals surface area contributed by atoms with Crippen LogP contribution in [0.25, 0.3) is 0 Å². The van der Waals surface area contributed by atoms with Crippen LogP contribution in [0.1, 0.15) is 17.0 Å². The van der Waals surface area contributed by atoms with Crippen LogP contribution in [0.5, 0.6) is 0 Å². The number of fused-ring (bicyclic) bond motifs is 1. The van der Waals surface area contributed by atoms with Gasteiger partial charge in [-0.25, -0.2) is 4.98 Å². The summed E-state index contributed by atoms with van der Waals surface area (Å²) in [5, 5.41) is 6.05. The molecule has 1 aromatic heterocycles. The minimum absolute atomic E-state index is 0.0761. The van der Waals surface area contributed by atoms with Crippen molar-refractivity contribution >= 4 is 34.2 Å². The molecular formula is C13H16N4OS2. The van der Waals surface area contributed by atoms with Crippen molar-refractivity contribution in [3.8, 4) is 0 Å². The lowest BCUT2D eigenvalue weighted by molar-refractivity contribution is -0.120.